The number of hydrogen-bond acceptors (Lipinski definition) is 4. The number of halogens is 3. The van der Waals surface area contributed by atoms with Crippen molar-refractivity contribution in [2.75, 3.05) is 16.6 Å². The topological polar surface area (TPSA) is 66.5 Å². The maximum absolute atomic E-state index is 13.7. The third kappa shape index (κ3) is 7.74. The molecule has 1 amide bonds. The van der Waals surface area contributed by atoms with E-state index in [-0.39, 0.29) is 17.3 Å². The molecule has 0 aliphatic carbocycles. The molecule has 0 saturated heterocycles. The van der Waals surface area contributed by atoms with Gasteiger partial charge in [0.25, 0.3) is 15.9 Å². The average molecular weight is 634 g/mol. The van der Waals surface area contributed by atoms with Gasteiger partial charge in [0, 0.05) is 38.7 Å². The number of thioether (sulfide) groups is 1. The van der Waals surface area contributed by atoms with Crippen molar-refractivity contribution in [1.29, 1.82) is 0 Å². The first-order chi connectivity index (χ1) is 19.1. The van der Waals surface area contributed by atoms with Crippen LogP contribution in [0.15, 0.2) is 95.9 Å². The van der Waals surface area contributed by atoms with Crippen molar-refractivity contribution in [2.45, 2.75) is 24.1 Å². The van der Waals surface area contributed by atoms with Crippen LogP contribution in [-0.2, 0) is 22.3 Å². The predicted molar refractivity (Wildman–Crippen MR) is 167 cm³/mol. The molecule has 0 unspecified atom stereocenters. The van der Waals surface area contributed by atoms with E-state index in [1.807, 2.05) is 13.0 Å². The van der Waals surface area contributed by atoms with E-state index in [4.69, 9.17) is 34.8 Å². The molecular weight excluding hydrogens is 607 g/mol. The van der Waals surface area contributed by atoms with Crippen LogP contribution >= 0.6 is 46.6 Å². The summed E-state index contributed by atoms with van der Waals surface area (Å²) in [5, 5.41) is 4.59. The van der Waals surface area contributed by atoms with Crippen molar-refractivity contribution in [2.24, 2.45) is 0 Å². The van der Waals surface area contributed by atoms with Crippen LogP contribution in [0.25, 0.3) is 0 Å². The largest absolute Gasteiger partial charge is 0.351 e. The van der Waals surface area contributed by atoms with Gasteiger partial charge in [-0.1, -0.05) is 77.3 Å². The number of aryl methyl sites for hydroxylation is 1. The van der Waals surface area contributed by atoms with Gasteiger partial charge in [-0.2, -0.15) is 11.8 Å². The van der Waals surface area contributed by atoms with Gasteiger partial charge in [0.15, 0.2) is 0 Å². The molecule has 5 nitrogen and oxygen atoms in total. The normalized spacial score (nSPS) is 11.3. The minimum Gasteiger partial charge on any atom is -0.351 e. The third-order valence-electron chi connectivity index (χ3n) is 6.12. The Morgan fingerprint density at radius 1 is 0.875 bits per heavy atom. The minimum absolute atomic E-state index is 0.0736. The van der Waals surface area contributed by atoms with E-state index in [1.165, 1.54) is 4.31 Å². The predicted octanol–water partition coefficient (Wildman–Crippen LogP) is 8.01. The van der Waals surface area contributed by atoms with E-state index in [2.05, 4.69) is 5.32 Å². The lowest BCUT2D eigenvalue weighted by molar-refractivity contribution is 0.0956. The number of carbonyl (C=O) groups is 1. The van der Waals surface area contributed by atoms with Crippen molar-refractivity contribution in [3.63, 3.8) is 0 Å². The van der Waals surface area contributed by atoms with Crippen molar-refractivity contribution in [1.82, 2.24) is 5.32 Å². The van der Waals surface area contributed by atoms with E-state index < -0.39 is 10.0 Å². The van der Waals surface area contributed by atoms with E-state index in [9.17, 15) is 13.2 Å². The van der Waals surface area contributed by atoms with Crippen LogP contribution in [0, 0.1) is 6.92 Å². The van der Waals surface area contributed by atoms with Crippen LogP contribution < -0.4 is 9.62 Å². The van der Waals surface area contributed by atoms with Gasteiger partial charge >= 0.3 is 0 Å². The summed E-state index contributed by atoms with van der Waals surface area (Å²) in [6.45, 7) is 2.41. The minimum atomic E-state index is -3.88. The molecule has 4 aromatic carbocycles. The summed E-state index contributed by atoms with van der Waals surface area (Å²) in [6.07, 6.45) is 0. The Morgan fingerprint density at radius 2 is 1.55 bits per heavy atom. The molecule has 1 N–H and O–H groups in total. The third-order valence-corrected chi connectivity index (χ3v) is 9.72. The number of rotatable bonds is 11. The first kappa shape index (κ1) is 30.3. The summed E-state index contributed by atoms with van der Waals surface area (Å²) < 4.78 is 28.7. The Morgan fingerprint density at radius 3 is 2.25 bits per heavy atom. The van der Waals surface area contributed by atoms with Gasteiger partial charge in [0.1, 0.15) is 0 Å². The number of carbonyl (C=O) groups excluding carboxylic acids is 1. The van der Waals surface area contributed by atoms with Crippen LogP contribution in [0.2, 0.25) is 15.1 Å². The molecule has 10 heteroatoms. The lowest BCUT2D eigenvalue weighted by Gasteiger charge is -2.26. The number of hydrogen-bond donors (Lipinski definition) is 1. The Hall–Kier alpha value is -2.68. The summed E-state index contributed by atoms with van der Waals surface area (Å²) in [5.74, 6) is 1.24. The summed E-state index contributed by atoms with van der Waals surface area (Å²) in [4.78, 5) is 12.9. The molecular formula is C30H27Cl3N2O3S2. The fourth-order valence-electron chi connectivity index (χ4n) is 3.96. The van der Waals surface area contributed by atoms with Gasteiger partial charge in [-0.3, -0.25) is 9.10 Å². The number of anilines is 1. The molecule has 0 atom stereocenters. The smallest absolute Gasteiger partial charge is 0.264 e. The lowest BCUT2D eigenvalue weighted by Crippen LogP contribution is -2.31. The molecule has 40 heavy (non-hydrogen) atoms. The molecule has 4 rings (SSSR count). The summed E-state index contributed by atoms with van der Waals surface area (Å²) >= 11 is 20.1. The summed E-state index contributed by atoms with van der Waals surface area (Å²) in [7, 11) is -3.88. The maximum Gasteiger partial charge on any atom is 0.264 e. The zero-order chi connectivity index (χ0) is 28.7. The van der Waals surface area contributed by atoms with Gasteiger partial charge in [-0.25, -0.2) is 8.42 Å². The van der Waals surface area contributed by atoms with Gasteiger partial charge in [0.05, 0.1) is 17.1 Å². The Bertz CT molecular complexity index is 1580. The van der Waals surface area contributed by atoms with Crippen molar-refractivity contribution < 1.29 is 13.2 Å². The number of sulfonamides is 1. The number of benzene rings is 4. The van der Waals surface area contributed by atoms with Crippen molar-refractivity contribution in [3.8, 4) is 0 Å². The SMILES string of the molecule is Cc1ccc(Cl)cc1N(Cc1ccc(C(=O)NCCSCc2ccc(Cl)cc2Cl)cc1)S(=O)(=O)c1ccccc1. The lowest BCUT2D eigenvalue weighted by atomic mass is 10.1. The molecule has 208 valence electrons. The quantitative estimate of drug-likeness (QED) is 0.170. The maximum atomic E-state index is 13.7. The average Bonchev–Trinajstić information content (AvgIpc) is 2.94. The Labute approximate surface area is 254 Å². The molecule has 0 aromatic heterocycles. The van der Waals surface area contributed by atoms with Crippen LogP contribution in [0.4, 0.5) is 5.69 Å². The molecule has 0 spiro atoms. The monoisotopic (exact) mass is 632 g/mol. The van der Waals surface area contributed by atoms with E-state index >= 15 is 0 Å². The highest BCUT2D eigenvalue weighted by Crippen LogP contribution is 2.31. The zero-order valence-electron chi connectivity index (χ0n) is 21.6. The molecule has 0 fully saturated rings. The fourth-order valence-corrected chi connectivity index (χ4v) is 7.07. The van der Waals surface area contributed by atoms with Crippen molar-refractivity contribution >= 4 is 68.2 Å². The standard InChI is InChI=1S/C30H27Cl3N2O3S2/c1-21-7-13-26(32)18-29(21)35(40(37,38)27-5-3-2-4-6-27)19-22-8-10-23(11-9-22)30(36)34-15-16-39-20-24-12-14-25(31)17-28(24)33/h2-14,17-18H,15-16,19-20H2,1H3,(H,34,36). The number of nitrogens with one attached hydrogen (secondary N) is 1. The second kappa shape index (κ2) is 13.8. The van der Waals surface area contributed by atoms with Gasteiger partial charge in [-0.15, -0.1) is 0 Å². The fraction of sp³-hybridized carbons (Fsp3) is 0.167. The van der Waals surface area contributed by atoms with Crippen LogP contribution in [0.5, 0.6) is 0 Å². The van der Waals surface area contributed by atoms with Gasteiger partial charge in [-0.05, 0) is 72.1 Å². The molecule has 4 aromatic rings. The highest BCUT2D eigenvalue weighted by Gasteiger charge is 2.26. The molecule has 0 aliphatic heterocycles. The van der Waals surface area contributed by atoms with Crippen LogP contribution in [0.1, 0.15) is 27.0 Å². The Balaban J connectivity index is 1.41. The van der Waals surface area contributed by atoms with E-state index in [0.717, 1.165) is 22.4 Å². The zero-order valence-corrected chi connectivity index (χ0v) is 25.5. The van der Waals surface area contributed by atoms with Crippen LogP contribution in [-0.4, -0.2) is 26.6 Å². The summed E-state index contributed by atoms with van der Waals surface area (Å²) in [6, 6.07) is 25.8. The second-order valence-electron chi connectivity index (χ2n) is 9.00. The van der Waals surface area contributed by atoms with Crippen LogP contribution in [0.3, 0.4) is 0 Å². The van der Waals surface area contributed by atoms with Gasteiger partial charge in [0.2, 0.25) is 0 Å². The first-order valence-corrected chi connectivity index (χ1v) is 16.1. The molecule has 0 radical (unpaired) electrons. The Kier molecular flexibility index (Phi) is 10.4. The van der Waals surface area contributed by atoms with E-state index in [0.29, 0.717) is 38.6 Å². The number of nitrogens with zero attached hydrogens (tertiary/aromatic N) is 1. The second-order valence-corrected chi connectivity index (χ2v) is 13.2. The number of amides is 1. The van der Waals surface area contributed by atoms with Gasteiger partial charge < -0.3 is 5.32 Å². The molecule has 0 aliphatic rings. The molecule has 0 bridgehead atoms. The highest BCUT2D eigenvalue weighted by molar-refractivity contribution is 7.98. The summed E-state index contributed by atoms with van der Waals surface area (Å²) in [5.41, 5.74) is 3.48. The van der Waals surface area contributed by atoms with Crippen molar-refractivity contribution in [3.05, 3.63) is 128 Å². The van der Waals surface area contributed by atoms with E-state index in [1.54, 1.807) is 96.7 Å². The first-order valence-electron chi connectivity index (χ1n) is 12.4. The molecule has 0 saturated carbocycles. The molecule has 0 heterocycles. The highest BCUT2D eigenvalue weighted by atomic mass is 35.5.